The molecule has 20 heavy (non-hydrogen) atoms. The van der Waals surface area contributed by atoms with Crippen LogP contribution in [0.2, 0.25) is 5.02 Å². The molecular weight excluding hydrogens is 296 g/mol. The highest BCUT2D eigenvalue weighted by Gasteiger charge is 2.25. The quantitative estimate of drug-likeness (QED) is 0.897. The molecule has 2 N–H and O–H groups in total. The van der Waals surface area contributed by atoms with Crippen molar-refractivity contribution < 1.29 is 8.42 Å². The van der Waals surface area contributed by atoms with Crippen LogP contribution in [0.1, 0.15) is 31.2 Å². The Morgan fingerprint density at radius 2 is 1.75 bits per heavy atom. The van der Waals surface area contributed by atoms with E-state index in [0.717, 1.165) is 25.7 Å². The van der Waals surface area contributed by atoms with Gasteiger partial charge in [0.15, 0.2) is 0 Å². The van der Waals surface area contributed by atoms with Gasteiger partial charge in [-0.3, -0.25) is 0 Å². The lowest BCUT2D eigenvalue weighted by Gasteiger charge is -2.28. The third-order valence-electron chi connectivity index (χ3n) is 3.88. The van der Waals surface area contributed by atoms with E-state index in [9.17, 15) is 8.42 Å². The summed E-state index contributed by atoms with van der Waals surface area (Å²) in [5.74, 6) is 0. The van der Waals surface area contributed by atoms with E-state index in [1.165, 1.54) is 0 Å². The van der Waals surface area contributed by atoms with Gasteiger partial charge in [-0.25, -0.2) is 13.1 Å². The molecule has 1 aromatic carbocycles. The molecule has 0 aromatic heterocycles. The second-order valence-electron chi connectivity index (χ2n) is 5.37. The SMILES string of the molecule is CNC1CCC(NS(=O)(=O)c2ccc(Cl)cc2C)CC1. The van der Waals surface area contributed by atoms with Gasteiger partial charge in [0.1, 0.15) is 0 Å². The number of rotatable bonds is 4. The van der Waals surface area contributed by atoms with Gasteiger partial charge in [-0.1, -0.05) is 11.6 Å². The Morgan fingerprint density at radius 1 is 1.15 bits per heavy atom. The number of hydrogen-bond acceptors (Lipinski definition) is 3. The van der Waals surface area contributed by atoms with Gasteiger partial charge >= 0.3 is 0 Å². The monoisotopic (exact) mass is 316 g/mol. The zero-order valence-electron chi connectivity index (χ0n) is 11.8. The van der Waals surface area contributed by atoms with Crippen molar-refractivity contribution in [3.8, 4) is 0 Å². The predicted molar refractivity (Wildman–Crippen MR) is 81.6 cm³/mol. The van der Waals surface area contributed by atoms with Gasteiger partial charge < -0.3 is 5.32 Å². The molecule has 4 nitrogen and oxygen atoms in total. The van der Waals surface area contributed by atoms with Gasteiger partial charge in [-0.15, -0.1) is 0 Å². The summed E-state index contributed by atoms with van der Waals surface area (Å²) in [5.41, 5.74) is 0.675. The molecule has 1 fully saturated rings. The number of nitrogens with one attached hydrogen (secondary N) is 2. The third-order valence-corrected chi connectivity index (χ3v) is 5.80. The van der Waals surface area contributed by atoms with Gasteiger partial charge in [-0.2, -0.15) is 0 Å². The summed E-state index contributed by atoms with van der Waals surface area (Å²) in [6, 6.07) is 5.39. The molecule has 1 aliphatic carbocycles. The maximum Gasteiger partial charge on any atom is 0.241 e. The van der Waals surface area contributed by atoms with Gasteiger partial charge in [0.25, 0.3) is 0 Å². The molecule has 6 heteroatoms. The van der Waals surface area contributed by atoms with E-state index >= 15 is 0 Å². The maximum absolute atomic E-state index is 12.4. The smallest absolute Gasteiger partial charge is 0.241 e. The normalized spacial score (nSPS) is 23.8. The fraction of sp³-hybridized carbons (Fsp3) is 0.571. The van der Waals surface area contributed by atoms with E-state index in [0.29, 0.717) is 21.5 Å². The first-order valence-electron chi connectivity index (χ1n) is 6.88. The molecule has 1 aliphatic rings. The van der Waals surface area contributed by atoms with Crippen LogP contribution < -0.4 is 10.0 Å². The Hall–Kier alpha value is -0.620. The molecule has 0 atom stereocenters. The minimum absolute atomic E-state index is 0.0275. The van der Waals surface area contributed by atoms with Crippen molar-refractivity contribution in [2.45, 2.75) is 49.6 Å². The van der Waals surface area contributed by atoms with Crippen LogP contribution in [0.5, 0.6) is 0 Å². The Kier molecular flexibility index (Phi) is 5.07. The van der Waals surface area contributed by atoms with Crippen LogP contribution in [0.25, 0.3) is 0 Å². The minimum atomic E-state index is -3.46. The first-order valence-corrected chi connectivity index (χ1v) is 8.74. The lowest BCUT2D eigenvalue weighted by Crippen LogP contribution is -2.41. The molecule has 0 bridgehead atoms. The number of aryl methyl sites for hydroxylation is 1. The van der Waals surface area contributed by atoms with Crippen LogP contribution in [0.15, 0.2) is 23.1 Å². The lowest BCUT2D eigenvalue weighted by atomic mass is 9.92. The number of benzene rings is 1. The number of hydrogen-bond donors (Lipinski definition) is 2. The van der Waals surface area contributed by atoms with Crippen molar-refractivity contribution in [3.63, 3.8) is 0 Å². The van der Waals surface area contributed by atoms with Crippen LogP contribution in [0.4, 0.5) is 0 Å². The zero-order chi connectivity index (χ0) is 14.8. The topological polar surface area (TPSA) is 58.2 Å². The summed E-state index contributed by atoms with van der Waals surface area (Å²) >= 11 is 5.87. The first kappa shape index (κ1) is 15.8. The predicted octanol–water partition coefficient (Wildman–Crippen LogP) is 2.46. The number of sulfonamides is 1. The Balaban J connectivity index is 2.08. The van der Waals surface area contributed by atoms with E-state index in [2.05, 4.69) is 10.0 Å². The zero-order valence-corrected chi connectivity index (χ0v) is 13.4. The van der Waals surface area contributed by atoms with E-state index in [1.54, 1.807) is 25.1 Å². The van der Waals surface area contributed by atoms with Gasteiger partial charge in [0, 0.05) is 17.1 Å². The second kappa shape index (κ2) is 6.43. The first-order chi connectivity index (χ1) is 9.42. The largest absolute Gasteiger partial charge is 0.317 e. The summed E-state index contributed by atoms with van der Waals surface area (Å²) < 4.78 is 27.6. The molecule has 1 saturated carbocycles. The minimum Gasteiger partial charge on any atom is -0.317 e. The molecule has 112 valence electrons. The summed E-state index contributed by atoms with van der Waals surface area (Å²) in [6.07, 6.45) is 3.75. The van der Waals surface area contributed by atoms with E-state index in [1.807, 2.05) is 7.05 Å². The summed E-state index contributed by atoms with van der Waals surface area (Å²) in [6.45, 7) is 1.76. The Bertz CT molecular complexity index is 567. The highest BCUT2D eigenvalue weighted by molar-refractivity contribution is 7.89. The fourth-order valence-electron chi connectivity index (χ4n) is 2.70. The van der Waals surface area contributed by atoms with E-state index in [-0.39, 0.29) is 6.04 Å². The Labute approximate surface area is 126 Å². The molecule has 0 spiro atoms. The second-order valence-corrected chi connectivity index (χ2v) is 7.49. The van der Waals surface area contributed by atoms with Crippen molar-refractivity contribution in [1.82, 2.24) is 10.0 Å². The maximum atomic E-state index is 12.4. The van der Waals surface area contributed by atoms with Gasteiger partial charge in [0.05, 0.1) is 4.90 Å². The molecule has 0 unspecified atom stereocenters. The average Bonchev–Trinajstić information content (AvgIpc) is 2.38. The highest BCUT2D eigenvalue weighted by atomic mass is 35.5. The van der Waals surface area contributed by atoms with Crippen LogP contribution >= 0.6 is 11.6 Å². The van der Waals surface area contributed by atoms with Crippen LogP contribution in [-0.2, 0) is 10.0 Å². The lowest BCUT2D eigenvalue weighted by molar-refractivity contribution is 0.342. The Morgan fingerprint density at radius 3 is 2.30 bits per heavy atom. The average molecular weight is 317 g/mol. The molecule has 0 radical (unpaired) electrons. The summed E-state index contributed by atoms with van der Waals surface area (Å²) in [4.78, 5) is 0.317. The fourth-order valence-corrected chi connectivity index (χ4v) is 4.46. The van der Waals surface area contributed by atoms with E-state index in [4.69, 9.17) is 11.6 Å². The summed E-state index contributed by atoms with van der Waals surface area (Å²) in [7, 11) is -1.51. The molecule has 0 heterocycles. The number of halogens is 1. The van der Waals surface area contributed by atoms with Crippen molar-refractivity contribution in [2.75, 3.05) is 7.05 Å². The van der Waals surface area contributed by atoms with Crippen molar-refractivity contribution >= 4 is 21.6 Å². The summed E-state index contributed by atoms with van der Waals surface area (Å²) in [5, 5.41) is 3.79. The standard InChI is InChI=1S/C14H21ClN2O2S/c1-10-9-11(15)3-8-14(10)20(18,19)17-13-6-4-12(16-2)5-7-13/h3,8-9,12-13,16-17H,4-7H2,1-2H3. The highest BCUT2D eigenvalue weighted by Crippen LogP contribution is 2.23. The van der Waals surface area contributed by atoms with Crippen LogP contribution in [-0.4, -0.2) is 27.5 Å². The third kappa shape index (κ3) is 3.73. The van der Waals surface area contributed by atoms with Crippen LogP contribution in [0, 0.1) is 6.92 Å². The van der Waals surface area contributed by atoms with Gasteiger partial charge in [0.2, 0.25) is 10.0 Å². The van der Waals surface area contributed by atoms with Crippen molar-refractivity contribution in [3.05, 3.63) is 28.8 Å². The molecule has 2 rings (SSSR count). The van der Waals surface area contributed by atoms with Gasteiger partial charge in [-0.05, 0) is 63.4 Å². The molecular formula is C14H21ClN2O2S. The van der Waals surface area contributed by atoms with E-state index < -0.39 is 10.0 Å². The van der Waals surface area contributed by atoms with Crippen molar-refractivity contribution in [1.29, 1.82) is 0 Å². The molecule has 0 aliphatic heterocycles. The molecule has 0 saturated heterocycles. The molecule has 0 amide bonds. The molecule has 1 aromatic rings. The van der Waals surface area contributed by atoms with Crippen LogP contribution in [0.3, 0.4) is 0 Å². The van der Waals surface area contributed by atoms with Crippen molar-refractivity contribution in [2.24, 2.45) is 0 Å².